The first kappa shape index (κ1) is 16.1. The Morgan fingerprint density at radius 3 is 2.52 bits per heavy atom. The van der Waals surface area contributed by atoms with Gasteiger partial charge in [0.2, 0.25) is 0 Å². The van der Waals surface area contributed by atoms with Crippen LogP contribution in [0.4, 0.5) is 8.78 Å². The molecule has 114 valence electrons. The Hall–Kier alpha value is -1.30. The predicted molar refractivity (Wildman–Crippen MR) is 81.5 cm³/mol. The van der Waals surface area contributed by atoms with Crippen molar-refractivity contribution in [1.82, 2.24) is 5.32 Å². The Morgan fingerprint density at radius 2 is 1.90 bits per heavy atom. The third kappa shape index (κ3) is 3.87. The lowest BCUT2D eigenvalue weighted by Gasteiger charge is -2.18. The average molecular weight is 311 g/mol. The zero-order chi connectivity index (χ0) is 15.6. The van der Waals surface area contributed by atoms with Gasteiger partial charge in [-0.2, -0.15) is 0 Å². The third-order valence-corrected chi connectivity index (χ3v) is 4.46. The largest absolute Gasteiger partial charge is 0.387 e. The highest BCUT2D eigenvalue weighted by Crippen LogP contribution is 2.26. The van der Waals surface area contributed by atoms with Crippen molar-refractivity contribution in [1.29, 1.82) is 0 Å². The first-order valence-electron chi connectivity index (χ1n) is 6.81. The van der Waals surface area contributed by atoms with Crippen molar-refractivity contribution in [3.8, 4) is 0 Å². The van der Waals surface area contributed by atoms with E-state index in [1.165, 1.54) is 15.3 Å². The van der Waals surface area contributed by atoms with E-state index in [-0.39, 0.29) is 18.2 Å². The standard InChI is InChI=1S/C16H19F2NOS/c1-9-6-13(11(3)21-9)10(2)19-8-16(20)14-7-12(17)4-5-15(14)18/h4-7,10,16,19-20H,8H2,1-3H3. The number of hydrogen-bond donors (Lipinski definition) is 2. The molecule has 0 bridgehead atoms. The summed E-state index contributed by atoms with van der Waals surface area (Å²) in [7, 11) is 0. The van der Waals surface area contributed by atoms with Crippen molar-refractivity contribution in [3.63, 3.8) is 0 Å². The van der Waals surface area contributed by atoms with Crippen LogP contribution in [-0.4, -0.2) is 11.7 Å². The van der Waals surface area contributed by atoms with Crippen LogP contribution in [0.5, 0.6) is 0 Å². The topological polar surface area (TPSA) is 32.3 Å². The van der Waals surface area contributed by atoms with Gasteiger partial charge in [-0.15, -0.1) is 11.3 Å². The van der Waals surface area contributed by atoms with Gasteiger partial charge in [-0.25, -0.2) is 8.78 Å². The molecule has 0 radical (unpaired) electrons. The predicted octanol–water partition coefficient (Wildman–Crippen LogP) is 4.03. The monoisotopic (exact) mass is 311 g/mol. The van der Waals surface area contributed by atoms with Gasteiger partial charge in [-0.3, -0.25) is 0 Å². The molecule has 0 amide bonds. The molecule has 1 aromatic heterocycles. The number of aryl methyl sites for hydroxylation is 2. The molecule has 0 fully saturated rings. The summed E-state index contributed by atoms with van der Waals surface area (Å²) >= 11 is 1.72. The summed E-state index contributed by atoms with van der Waals surface area (Å²) < 4.78 is 26.7. The zero-order valence-corrected chi connectivity index (χ0v) is 13.1. The van der Waals surface area contributed by atoms with E-state index in [4.69, 9.17) is 0 Å². The van der Waals surface area contributed by atoms with E-state index in [0.717, 1.165) is 18.2 Å². The molecule has 0 aliphatic carbocycles. The lowest BCUT2D eigenvalue weighted by molar-refractivity contribution is 0.165. The van der Waals surface area contributed by atoms with Gasteiger partial charge in [0.05, 0.1) is 6.10 Å². The summed E-state index contributed by atoms with van der Waals surface area (Å²) in [4.78, 5) is 2.45. The minimum absolute atomic E-state index is 0.0204. The fraction of sp³-hybridized carbons (Fsp3) is 0.375. The fourth-order valence-corrected chi connectivity index (χ4v) is 3.38. The Labute approximate surface area is 127 Å². The maximum absolute atomic E-state index is 13.6. The van der Waals surface area contributed by atoms with Crippen molar-refractivity contribution in [2.75, 3.05) is 6.54 Å². The molecule has 2 atom stereocenters. The summed E-state index contributed by atoms with van der Waals surface area (Å²) in [5.41, 5.74) is 1.15. The second-order valence-corrected chi connectivity index (χ2v) is 6.64. The molecule has 0 saturated heterocycles. The first-order valence-corrected chi connectivity index (χ1v) is 7.63. The molecule has 2 unspecified atom stereocenters. The van der Waals surface area contributed by atoms with Crippen molar-refractivity contribution in [2.45, 2.75) is 32.9 Å². The van der Waals surface area contributed by atoms with Gasteiger partial charge in [0, 0.05) is 27.9 Å². The molecule has 1 heterocycles. The average Bonchev–Trinajstić information content (AvgIpc) is 2.77. The van der Waals surface area contributed by atoms with Crippen molar-refractivity contribution < 1.29 is 13.9 Å². The van der Waals surface area contributed by atoms with Crippen LogP contribution in [0, 0.1) is 25.5 Å². The Kier molecular flexibility index (Phi) is 5.08. The maximum Gasteiger partial charge on any atom is 0.129 e. The van der Waals surface area contributed by atoms with Gasteiger partial charge in [0.15, 0.2) is 0 Å². The molecule has 2 nitrogen and oxygen atoms in total. The number of aliphatic hydroxyl groups is 1. The van der Waals surface area contributed by atoms with Crippen LogP contribution in [0.25, 0.3) is 0 Å². The number of aliphatic hydroxyl groups excluding tert-OH is 1. The molecule has 21 heavy (non-hydrogen) atoms. The number of hydrogen-bond acceptors (Lipinski definition) is 3. The van der Waals surface area contributed by atoms with Crippen molar-refractivity contribution in [3.05, 3.63) is 56.8 Å². The van der Waals surface area contributed by atoms with Crippen LogP contribution in [-0.2, 0) is 0 Å². The number of thiophene rings is 1. The minimum atomic E-state index is -1.08. The fourth-order valence-electron chi connectivity index (χ4n) is 2.36. The minimum Gasteiger partial charge on any atom is -0.387 e. The zero-order valence-electron chi connectivity index (χ0n) is 12.3. The van der Waals surface area contributed by atoms with Gasteiger partial charge in [0.1, 0.15) is 11.6 Å². The van der Waals surface area contributed by atoms with Gasteiger partial charge >= 0.3 is 0 Å². The molecule has 2 N–H and O–H groups in total. The van der Waals surface area contributed by atoms with E-state index in [2.05, 4.69) is 11.4 Å². The smallest absolute Gasteiger partial charge is 0.129 e. The van der Waals surface area contributed by atoms with E-state index < -0.39 is 17.7 Å². The van der Waals surface area contributed by atoms with Crippen LogP contribution >= 0.6 is 11.3 Å². The Morgan fingerprint density at radius 1 is 1.19 bits per heavy atom. The van der Waals surface area contributed by atoms with E-state index >= 15 is 0 Å². The highest BCUT2D eigenvalue weighted by molar-refractivity contribution is 7.12. The van der Waals surface area contributed by atoms with Crippen molar-refractivity contribution in [2.24, 2.45) is 0 Å². The highest BCUT2D eigenvalue weighted by Gasteiger charge is 2.16. The lowest BCUT2D eigenvalue weighted by atomic mass is 10.1. The summed E-state index contributed by atoms with van der Waals surface area (Å²) in [5, 5.41) is 13.2. The van der Waals surface area contributed by atoms with Crippen molar-refractivity contribution >= 4 is 11.3 Å². The van der Waals surface area contributed by atoms with Crippen LogP contribution in [0.1, 0.15) is 40.0 Å². The quantitative estimate of drug-likeness (QED) is 0.874. The second kappa shape index (κ2) is 6.64. The third-order valence-electron chi connectivity index (χ3n) is 3.48. The second-order valence-electron chi connectivity index (χ2n) is 5.18. The molecule has 0 saturated carbocycles. The molecule has 2 rings (SSSR count). The first-order chi connectivity index (χ1) is 9.88. The lowest BCUT2D eigenvalue weighted by Crippen LogP contribution is -2.25. The summed E-state index contributed by atoms with van der Waals surface area (Å²) in [5.74, 6) is -1.15. The normalized spacial score (nSPS) is 14.2. The molecule has 2 aromatic rings. The molecule has 0 spiro atoms. The van der Waals surface area contributed by atoms with E-state index in [0.29, 0.717) is 0 Å². The van der Waals surface area contributed by atoms with Crippen LogP contribution in [0.2, 0.25) is 0 Å². The van der Waals surface area contributed by atoms with Gasteiger partial charge in [0.25, 0.3) is 0 Å². The maximum atomic E-state index is 13.6. The van der Waals surface area contributed by atoms with Crippen LogP contribution in [0.15, 0.2) is 24.3 Å². The summed E-state index contributed by atoms with van der Waals surface area (Å²) in [6, 6.07) is 5.25. The van der Waals surface area contributed by atoms with Crippen LogP contribution in [0.3, 0.4) is 0 Å². The van der Waals surface area contributed by atoms with Gasteiger partial charge < -0.3 is 10.4 Å². The van der Waals surface area contributed by atoms with Gasteiger partial charge in [-0.1, -0.05) is 0 Å². The van der Waals surface area contributed by atoms with Crippen LogP contribution < -0.4 is 5.32 Å². The molecular weight excluding hydrogens is 292 g/mol. The van der Waals surface area contributed by atoms with E-state index in [1.54, 1.807) is 11.3 Å². The Balaban J connectivity index is 2.02. The Bertz CT molecular complexity index is 627. The van der Waals surface area contributed by atoms with Gasteiger partial charge in [-0.05, 0) is 50.6 Å². The molecule has 0 aliphatic rings. The number of rotatable bonds is 5. The number of nitrogens with one attached hydrogen (secondary N) is 1. The number of benzene rings is 1. The van der Waals surface area contributed by atoms with E-state index in [1.807, 2.05) is 20.8 Å². The molecular formula is C16H19F2NOS. The highest BCUT2D eigenvalue weighted by atomic mass is 32.1. The summed E-state index contributed by atoms with van der Waals surface area (Å²) in [6.07, 6.45) is -1.08. The molecule has 1 aromatic carbocycles. The SMILES string of the molecule is Cc1cc(C(C)NCC(O)c2cc(F)ccc2F)c(C)s1. The van der Waals surface area contributed by atoms with E-state index in [9.17, 15) is 13.9 Å². The summed E-state index contributed by atoms with van der Waals surface area (Å²) in [6.45, 7) is 6.25. The molecule has 0 aliphatic heterocycles. The number of halogens is 2. The molecule has 5 heteroatoms.